The molecule has 0 bridgehead atoms. The number of benzene rings is 7. The summed E-state index contributed by atoms with van der Waals surface area (Å²) in [6.07, 6.45) is 0. The van der Waals surface area contributed by atoms with Crippen LogP contribution in [0.5, 0.6) is 0 Å². The van der Waals surface area contributed by atoms with E-state index in [-0.39, 0.29) is 0 Å². The average Bonchev–Trinajstić information content (AvgIpc) is 3.78. The molecule has 7 aromatic carbocycles. The second-order valence-electron chi connectivity index (χ2n) is 12.2. The summed E-state index contributed by atoms with van der Waals surface area (Å²) in [5.41, 5.74) is 5.46. The molecule has 0 saturated carbocycles. The maximum absolute atomic E-state index is 6.79. The lowest BCUT2D eigenvalue weighted by Gasteiger charge is -2.11. The molecule has 47 heavy (non-hydrogen) atoms. The molecule has 0 atom stereocenters. The fourth-order valence-corrected chi connectivity index (χ4v) is 8.55. The number of hydrogen-bond donors (Lipinski definition) is 0. The minimum atomic E-state index is 0.674. The van der Waals surface area contributed by atoms with E-state index in [1.807, 2.05) is 11.3 Å². The van der Waals surface area contributed by atoms with Crippen LogP contribution in [0.4, 0.5) is 0 Å². The lowest BCUT2D eigenvalue weighted by molar-refractivity contribution is 0.663. The summed E-state index contributed by atoms with van der Waals surface area (Å²) < 4.78 is 11.6. The minimum Gasteiger partial charge on any atom is -0.450 e. The highest BCUT2D eigenvalue weighted by molar-refractivity contribution is 7.25. The van der Waals surface area contributed by atoms with Crippen LogP contribution in [0.15, 0.2) is 144 Å². The molecule has 0 aliphatic rings. The number of aromatic nitrogens is 3. The third-order valence-corrected chi connectivity index (χ3v) is 10.7. The molecular weight excluding hydrogens is 595 g/mol. The Balaban J connectivity index is 1.33. The molecule has 4 heterocycles. The van der Waals surface area contributed by atoms with Gasteiger partial charge in [-0.15, -0.1) is 11.3 Å². The number of fused-ring (bicyclic) bond motifs is 11. The first-order valence-corrected chi connectivity index (χ1v) is 16.6. The molecule has 0 spiro atoms. The van der Waals surface area contributed by atoms with E-state index in [4.69, 9.17) is 14.4 Å². The zero-order valence-electron chi connectivity index (χ0n) is 24.9. The third-order valence-electron chi connectivity index (χ3n) is 9.58. The Kier molecular flexibility index (Phi) is 4.96. The smallest absolute Gasteiger partial charge is 0.197 e. The Labute approximate surface area is 271 Å². The molecule has 5 heteroatoms. The normalized spacial score (nSPS) is 12.3. The summed E-state index contributed by atoms with van der Waals surface area (Å²) in [5.74, 6) is 1.41. The molecule has 0 radical (unpaired) electrons. The Morgan fingerprint density at radius 2 is 1.21 bits per heavy atom. The quantitative estimate of drug-likeness (QED) is 0.194. The van der Waals surface area contributed by atoms with Crippen LogP contribution < -0.4 is 0 Å². The molecule has 0 saturated heterocycles. The van der Waals surface area contributed by atoms with Crippen LogP contribution in [0.25, 0.3) is 103 Å². The largest absolute Gasteiger partial charge is 0.450 e. The van der Waals surface area contributed by atoms with Crippen LogP contribution in [0.1, 0.15) is 0 Å². The molecule has 4 nitrogen and oxygen atoms in total. The van der Waals surface area contributed by atoms with E-state index in [9.17, 15) is 0 Å². The molecule has 0 amide bonds. The van der Waals surface area contributed by atoms with Crippen molar-refractivity contribution in [2.75, 3.05) is 0 Å². The van der Waals surface area contributed by atoms with Gasteiger partial charge in [-0.05, 0) is 57.9 Å². The Hall–Kier alpha value is -6.04. The number of para-hydroxylation sites is 1. The van der Waals surface area contributed by atoms with Gasteiger partial charge in [-0.3, -0.25) is 4.57 Å². The summed E-state index contributed by atoms with van der Waals surface area (Å²) in [5, 5.41) is 10.4. The lowest BCUT2D eigenvalue weighted by Crippen LogP contribution is -2.02. The van der Waals surface area contributed by atoms with Crippen molar-refractivity contribution in [3.63, 3.8) is 0 Å². The fourth-order valence-electron chi connectivity index (χ4n) is 7.42. The monoisotopic (exact) mass is 617 g/mol. The summed E-state index contributed by atoms with van der Waals surface area (Å²) in [6, 6.07) is 49.5. The van der Waals surface area contributed by atoms with Crippen LogP contribution in [-0.2, 0) is 0 Å². The van der Waals surface area contributed by atoms with E-state index in [2.05, 4.69) is 144 Å². The zero-order chi connectivity index (χ0) is 30.6. The van der Waals surface area contributed by atoms with Gasteiger partial charge in [0.25, 0.3) is 0 Å². The van der Waals surface area contributed by atoms with E-state index in [1.54, 1.807) is 0 Å². The van der Waals surface area contributed by atoms with Crippen LogP contribution in [0.2, 0.25) is 0 Å². The van der Waals surface area contributed by atoms with Crippen molar-refractivity contribution in [1.29, 1.82) is 0 Å². The van der Waals surface area contributed by atoms with Crippen molar-refractivity contribution in [1.82, 2.24) is 14.5 Å². The SMILES string of the molecule is c1ccc2cc3c(cc2c1)oc1c(-n2c4ccccc4c4cc5sc6ccccc6c5cc42)nc(-c2cccc4ccccc24)nc13. The maximum atomic E-state index is 6.79. The Morgan fingerprint density at radius 1 is 0.489 bits per heavy atom. The van der Waals surface area contributed by atoms with E-state index in [0.29, 0.717) is 11.4 Å². The number of thiophene rings is 1. The molecular formula is C42H23N3OS. The maximum Gasteiger partial charge on any atom is 0.197 e. The third kappa shape index (κ3) is 3.52. The highest BCUT2D eigenvalue weighted by atomic mass is 32.1. The molecule has 0 fully saturated rings. The molecule has 218 valence electrons. The number of nitrogens with zero attached hydrogens (tertiary/aromatic N) is 3. The standard InChI is InChI=1S/C42H23N3OS/c1-2-12-26-21-36-33(20-25(26)11-1)39-40(46-36)42(44-41(43-39)30-17-9-13-24-10-3-4-14-27(24)30)45-34-18-7-5-15-28(34)31-23-38-32(22-35(31)45)29-16-6-8-19-37(29)47-38/h1-23H. The molecule has 11 rings (SSSR count). The number of furan rings is 1. The fraction of sp³-hybridized carbons (Fsp3) is 0. The van der Waals surface area contributed by atoms with Gasteiger partial charge in [0.1, 0.15) is 11.1 Å². The summed E-state index contributed by atoms with van der Waals surface area (Å²) >= 11 is 1.84. The van der Waals surface area contributed by atoms with Gasteiger partial charge in [-0.25, -0.2) is 9.97 Å². The first kappa shape index (κ1) is 25.2. The second-order valence-corrected chi connectivity index (χ2v) is 13.3. The van der Waals surface area contributed by atoms with Crippen molar-refractivity contribution in [3.05, 3.63) is 140 Å². The predicted molar refractivity (Wildman–Crippen MR) is 197 cm³/mol. The second kappa shape index (κ2) is 9.25. The lowest BCUT2D eigenvalue weighted by atomic mass is 10.0. The van der Waals surface area contributed by atoms with Gasteiger partial charge in [0.15, 0.2) is 17.2 Å². The van der Waals surface area contributed by atoms with E-state index < -0.39 is 0 Å². The van der Waals surface area contributed by atoms with Gasteiger partial charge in [0, 0.05) is 41.9 Å². The van der Waals surface area contributed by atoms with Crippen molar-refractivity contribution in [3.8, 4) is 17.2 Å². The predicted octanol–water partition coefficient (Wildman–Crippen LogP) is 11.8. The first-order valence-electron chi connectivity index (χ1n) is 15.7. The average molecular weight is 618 g/mol. The molecule has 0 aliphatic heterocycles. The van der Waals surface area contributed by atoms with Gasteiger partial charge < -0.3 is 4.42 Å². The van der Waals surface area contributed by atoms with E-state index in [0.717, 1.165) is 60.4 Å². The van der Waals surface area contributed by atoms with Gasteiger partial charge >= 0.3 is 0 Å². The van der Waals surface area contributed by atoms with Gasteiger partial charge in [0.2, 0.25) is 0 Å². The molecule has 11 aromatic rings. The first-order chi connectivity index (χ1) is 23.3. The Bertz CT molecular complexity index is 3090. The summed E-state index contributed by atoms with van der Waals surface area (Å²) in [4.78, 5) is 10.7. The summed E-state index contributed by atoms with van der Waals surface area (Å²) in [6.45, 7) is 0. The van der Waals surface area contributed by atoms with Crippen LogP contribution in [0.3, 0.4) is 0 Å². The minimum absolute atomic E-state index is 0.674. The van der Waals surface area contributed by atoms with E-state index >= 15 is 0 Å². The zero-order valence-corrected chi connectivity index (χ0v) is 25.8. The highest BCUT2D eigenvalue weighted by Crippen LogP contribution is 2.43. The molecule has 0 aliphatic carbocycles. The number of rotatable bonds is 2. The van der Waals surface area contributed by atoms with Gasteiger partial charge in [-0.1, -0.05) is 103 Å². The van der Waals surface area contributed by atoms with Crippen LogP contribution in [0, 0.1) is 0 Å². The molecule has 0 unspecified atom stereocenters. The van der Waals surface area contributed by atoms with Gasteiger partial charge in [-0.2, -0.15) is 0 Å². The molecule has 0 N–H and O–H groups in total. The van der Waals surface area contributed by atoms with Crippen LogP contribution in [-0.4, -0.2) is 14.5 Å². The van der Waals surface area contributed by atoms with Crippen molar-refractivity contribution in [2.45, 2.75) is 0 Å². The Morgan fingerprint density at radius 3 is 2.11 bits per heavy atom. The van der Waals surface area contributed by atoms with Crippen molar-refractivity contribution in [2.24, 2.45) is 0 Å². The topological polar surface area (TPSA) is 43.9 Å². The molecule has 4 aromatic heterocycles. The summed E-state index contributed by atoms with van der Waals surface area (Å²) in [7, 11) is 0. The van der Waals surface area contributed by atoms with E-state index in [1.165, 1.54) is 30.9 Å². The highest BCUT2D eigenvalue weighted by Gasteiger charge is 2.23. The van der Waals surface area contributed by atoms with Crippen molar-refractivity contribution >= 4 is 96.9 Å². The van der Waals surface area contributed by atoms with Gasteiger partial charge in [0.05, 0.1) is 11.0 Å². The van der Waals surface area contributed by atoms with Crippen LogP contribution >= 0.6 is 11.3 Å². The number of hydrogen-bond acceptors (Lipinski definition) is 4. The van der Waals surface area contributed by atoms with Crippen molar-refractivity contribution < 1.29 is 4.42 Å².